The van der Waals surface area contributed by atoms with Crippen molar-refractivity contribution in [2.45, 2.75) is 30.6 Å². The summed E-state index contributed by atoms with van der Waals surface area (Å²) in [6.45, 7) is 5.90. The first-order chi connectivity index (χ1) is 9.02. The van der Waals surface area contributed by atoms with E-state index >= 15 is 0 Å². The normalized spacial score (nSPS) is 10.6. The standard InChI is InChI=1S/C16H17FOS/c1-10-8-13(9-15(18-4)11(10)2)19-16-7-5-6-14(17)12(16)3/h5-9H,1-4H3. The maximum Gasteiger partial charge on any atom is 0.127 e. The summed E-state index contributed by atoms with van der Waals surface area (Å²) in [5.74, 6) is 0.706. The fraction of sp³-hybridized carbons (Fsp3) is 0.250. The highest BCUT2D eigenvalue weighted by atomic mass is 32.2. The summed E-state index contributed by atoms with van der Waals surface area (Å²) in [6, 6.07) is 9.26. The van der Waals surface area contributed by atoms with Gasteiger partial charge in [0.1, 0.15) is 11.6 Å². The maximum atomic E-state index is 13.5. The van der Waals surface area contributed by atoms with Crippen LogP contribution in [0, 0.1) is 26.6 Å². The fourth-order valence-corrected chi connectivity index (χ4v) is 2.94. The highest BCUT2D eigenvalue weighted by Crippen LogP contribution is 2.35. The quantitative estimate of drug-likeness (QED) is 0.787. The zero-order chi connectivity index (χ0) is 14.0. The minimum atomic E-state index is -0.166. The van der Waals surface area contributed by atoms with Crippen molar-refractivity contribution in [1.82, 2.24) is 0 Å². The molecule has 0 aliphatic rings. The van der Waals surface area contributed by atoms with Gasteiger partial charge >= 0.3 is 0 Å². The molecule has 100 valence electrons. The van der Waals surface area contributed by atoms with Gasteiger partial charge in [0.05, 0.1) is 7.11 Å². The predicted octanol–water partition coefficient (Wildman–Crippen LogP) is 4.91. The second kappa shape index (κ2) is 5.66. The number of hydrogen-bond acceptors (Lipinski definition) is 2. The first-order valence-electron chi connectivity index (χ1n) is 6.11. The Kier molecular flexibility index (Phi) is 4.15. The van der Waals surface area contributed by atoms with E-state index in [1.54, 1.807) is 31.9 Å². The molecule has 0 heterocycles. The summed E-state index contributed by atoms with van der Waals surface area (Å²) in [4.78, 5) is 2.00. The van der Waals surface area contributed by atoms with Gasteiger partial charge in [-0.15, -0.1) is 0 Å². The Labute approximate surface area is 117 Å². The molecule has 2 aromatic carbocycles. The lowest BCUT2D eigenvalue weighted by Crippen LogP contribution is -1.91. The molecule has 0 aromatic heterocycles. The molecule has 0 N–H and O–H groups in total. The summed E-state index contributed by atoms with van der Waals surface area (Å²) >= 11 is 1.56. The molecule has 1 nitrogen and oxygen atoms in total. The molecular weight excluding hydrogens is 259 g/mol. The number of rotatable bonds is 3. The van der Waals surface area contributed by atoms with E-state index in [1.165, 1.54) is 11.6 Å². The second-order valence-corrected chi connectivity index (χ2v) is 5.65. The lowest BCUT2D eigenvalue weighted by atomic mass is 10.1. The molecule has 0 aliphatic heterocycles. The van der Waals surface area contributed by atoms with E-state index < -0.39 is 0 Å². The molecule has 2 aromatic rings. The van der Waals surface area contributed by atoms with E-state index in [1.807, 2.05) is 19.1 Å². The minimum absolute atomic E-state index is 0.166. The third-order valence-corrected chi connectivity index (χ3v) is 4.39. The van der Waals surface area contributed by atoms with Crippen LogP contribution in [0.2, 0.25) is 0 Å². The van der Waals surface area contributed by atoms with Gasteiger partial charge in [0.15, 0.2) is 0 Å². The monoisotopic (exact) mass is 276 g/mol. The molecule has 0 unspecified atom stereocenters. The number of aryl methyl sites for hydroxylation is 1. The highest BCUT2D eigenvalue weighted by molar-refractivity contribution is 7.99. The van der Waals surface area contributed by atoms with Crippen LogP contribution in [-0.2, 0) is 0 Å². The van der Waals surface area contributed by atoms with Crippen LogP contribution in [0.15, 0.2) is 40.1 Å². The molecule has 0 fully saturated rings. The van der Waals surface area contributed by atoms with Crippen LogP contribution < -0.4 is 4.74 Å². The van der Waals surface area contributed by atoms with Crippen molar-refractivity contribution in [3.05, 3.63) is 52.8 Å². The average molecular weight is 276 g/mol. The van der Waals surface area contributed by atoms with E-state index in [9.17, 15) is 4.39 Å². The van der Waals surface area contributed by atoms with Crippen LogP contribution in [0.25, 0.3) is 0 Å². The van der Waals surface area contributed by atoms with E-state index in [-0.39, 0.29) is 5.82 Å². The van der Waals surface area contributed by atoms with Crippen LogP contribution in [0.4, 0.5) is 4.39 Å². The van der Waals surface area contributed by atoms with Gasteiger partial charge in [0.2, 0.25) is 0 Å². The van der Waals surface area contributed by atoms with Crippen LogP contribution in [0.5, 0.6) is 5.75 Å². The van der Waals surface area contributed by atoms with Crippen molar-refractivity contribution in [2.24, 2.45) is 0 Å². The summed E-state index contributed by atoms with van der Waals surface area (Å²) < 4.78 is 18.9. The minimum Gasteiger partial charge on any atom is -0.496 e. The molecule has 0 radical (unpaired) electrons. The summed E-state index contributed by atoms with van der Waals surface area (Å²) in [5, 5.41) is 0. The summed E-state index contributed by atoms with van der Waals surface area (Å²) in [7, 11) is 1.67. The Morgan fingerprint density at radius 3 is 2.47 bits per heavy atom. The van der Waals surface area contributed by atoms with Crippen molar-refractivity contribution in [2.75, 3.05) is 7.11 Å². The third kappa shape index (κ3) is 2.92. The van der Waals surface area contributed by atoms with Gasteiger partial charge in [-0.2, -0.15) is 0 Å². The highest BCUT2D eigenvalue weighted by Gasteiger charge is 2.09. The molecule has 0 aliphatic carbocycles. The molecule has 0 amide bonds. The Morgan fingerprint density at radius 2 is 1.79 bits per heavy atom. The van der Waals surface area contributed by atoms with Crippen molar-refractivity contribution in [3.8, 4) is 5.75 Å². The first-order valence-corrected chi connectivity index (χ1v) is 6.92. The third-order valence-electron chi connectivity index (χ3n) is 3.26. The molecule has 0 saturated heterocycles. The van der Waals surface area contributed by atoms with E-state index in [0.717, 1.165) is 21.1 Å². The largest absolute Gasteiger partial charge is 0.496 e. The van der Waals surface area contributed by atoms with E-state index in [4.69, 9.17) is 4.74 Å². The number of methoxy groups -OCH3 is 1. The van der Waals surface area contributed by atoms with Gasteiger partial charge in [-0.25, -0.2) is 4.39 Å². The number of benzene rings is 2. The van der Waals surface area contributed by atoms with E-state index in [2.05, 4.69) is 13.0 Å². The smallest absolute Gasteiger partial charge is 0.127 e. The number of ether oxygens (including phenoxy) is 1. The predicted molar refractivity (Wildman–Crippen MR) is 77.7 cm³/mol. The van der Waals surface area contributed by atoms with Gasteiger partial charge in [-0.3, -0.25) is 0 Å². The molecule has 0 atom stereocenters. The Bertz CT molecular complexity index is 608. The van der Waals surface area contributed by atoms with Gasteiger partial charge in [0.25, 0.3) is 0 Å². The topological polar surface area (TPSA) is 9.23 Å². The average Bonchev–Trinajstić information content (AvgIpc) is 2.39. The van der Waals surface area contributed by atoms with Crippen molar-refractivity contribution < 1.29 is 9.13 Å². The van der Waals surface area contributed by atoms with Crippen molar-refractivity contribution >= 4 is 11.8 Å². The van der Waals surface area contributed by atoms with Crippen LogP contribution in [0.3, 0.4) is 0 Å². The zero-order valence-corrected chi connectivity index (χ0v) is 12.4. The number of hydrogen-bond donors (Lipinski definition) is 0. The van der Waals surface area contributed by atoms with Crippen LogP contribution >= 0.6 is 11.8 Å². The van der Waals surface area contributed by atoms with Crippen molar-refractivity contribution in [3.63, 3.8) is 0 Å². The fourth-order valence-electron chi connectivity index (χ4n) is 1.89. The summed E-state index contributed by atoms with van der Waals surface area (Å²) in [5.41, 5.74) is 3.00. The van der Waals surface area contributed by atoms with E-state index in [0.29, 0.717) is 5.56 Å². The Balaban J connectivity index is 2.38. The second-order valence-electron chi connectivity index (χ2n) is 4.53. The number of halogens is 1. The molecule has 0 spiro atoms. The SMILES string of the molecule is COc1cc(Sc2cccc(F)c2C)cc(C)c1C. The lowest BCUT2D eigenvalue weighted by Gasteiger charge is -2.12. The Hall–Kier alpha value is -1.48. The van der Waals surface area contributed by atoms with Gasteiger partial charge in [0, 0.05) is 9.79 Å². The molecule has 0 bridgehead atoms. The first kappa shape index (κ1) is 13.9. The molecule has 19 heavy (non-hydrogen) atoms. The lowest BCUT2D eigenvalue weighted by molar-refractivity contribution is 0.410. The molecule has 0 saturated carbocycles. The Morgan fingerprint density at radius 1 is 1.05 bits per heavy atom. The van der Waals surface area contributed by atoms with Crippen molar-refractivity contribution in [1.29, 1.82) is 0 Å². The maximum absolute atomic E-state index is 13.5. The van der Waals surface area contributed by atoms with Gasteiger partial charge in [-0.1, -0.05) is 17.8 Å². The van der Waals surface area contributed by atoms with Crippen LogP contribution in [-0.4, -0.2) is 7.11 Å². The van der Waals surface area contributed by atoms with Gasteiger partial charge < -0.3 is 4.74 Å². The van der Waals surface area contributed by atoms with Gasteiger partial charge in [-0.05, 0) is 61.7 Å². The molecule has 3 heteroatoms. The van der Waals surface area contributed by atoms with Crippen LogP contribution in [0.1, 0.15) is 16.7 Å². The molecule has 2 rings (SSSR count). The zero-order valence-electron chi connectivity index (χ0n) is 11.6. The summed E-state index contributed by atoms with van der Waals surface area (Å²) in [6.07, 6.45) is 0. The molecular formula is C16H17FOS.